The van der Waals surface area contributed by atoms with Gasteiger partial charge in [0.05, 0.1) is 25.3 Å². The van der Waals surface area contributed by atoms with Gasteiger partial charge in [-0.3, -0.25) is 0 Å². The summed E-state index contributed by atoms with van der Waals surface area (Å²) < 4.78 is 0. The highest BCUT2D eigenvalue weighted by molar-refractivity contribution is 5.45. The van der Waals surface area contributed by atoms with E-state index in [9.17, 15) is 15.3 Å². The molecule has 0 spiro atoms. The lowest BCUT2D eigenvalue weighted by molar-refractivity contribution is 0.0997. The van der Waals surface area contributed by atoms with Gasteiger partial charge in [-0.2, -0.15) is 15.0 Å². The largest absolute Gasteiger partial charge is 0.396 e. The molecule has 0 aliphatic carbocycles. The van der Waals surface area contributed by atoms with Crippen LogP contribution in [0.2, 0.25) is 0 Å². The summed E-state index contributed by atoms with van der Waals surface area (Å²) in [5.41, 5.74) is -0.794. The minimum Gasteiger partial charge on any atom is -0.396 e. The van der Waals surface area contributed by atoms with Crippen molar-refractivity contribution in [3.05, 3.63) is 0 Å². The van der Waals surface area contributed by atoms with Crippen LogP contribution >= 0.6 is 0 Å². The molecule has 0 bridgehead atoms. The maximum Gasteiger partial charge on any atom is 0.229 e. The van der Waals surface area contributed by atoms with Crippen LogP contribution in [0.25, 0.3) is 0 Å². The molecule has 3 rings (SSSR count). The molecule has 260 valence electrons. The van der Waals surface area contributed by atoms with Crippen LogP contribution in [0.15, 0.2) is 0 Å². The molecule has 2 saturated heterocycles. The van der Waals surface area contributed by atoms with Crippen LogP contribution in [0.5, 0.6) is 0 Å². The molecule has 0 amide bonds. The Bertz CT molecular complexity index is 995. The zero-order valence-electron chi connectivity index (χ0n) is 30.1. The molecule has 3 heterocycles. The van der Waals surface area contributed by atoms with Crippen molar-refractivity contribution < 1.29 is 15.3 Å². The van der Waals surface area contributed by atoms with Crippen molar-refractivity contribution in [3.63, 3.8) is 0 Å². The molecule has 11 heteroatoms. The van der Waals surface area contributed by atoms with Crippen molar-refractivity contribution in [2.45, 2.75) is 161 Å². The molecule has 45 heavy (non-hydrogen) atoms. The number of rotatable bonds is 15. The molecule has 11 nitrogen and oxygen atoms in total. The van der Waals surface area contributed by atoms with Crippen LogP contribution in [0.3, 0.4) is 0 Å². The smallest absolute Gasteiger partial charge is 0.229 e. The maximum absolute atomic E-state index is 10.6. The van der Waals surface area contributed by atoms with Gasteiger partial charge in [0.25, 0.3) is 0 Å². The highest BCUT2D eigenvalue weighted by atomic mass is 16.3. The van der Waals surface area contributed by atoms with Gasteiger partial charge >= 0.3 is 0 Å². The summed E-state index contributed by atoms with van der Waals surface area (Å²) in [4.78, 5) is 14.4. The van der Waals surface area contributed by atoms with Gasteiger partial charge in [0, 0.05) is 40.2 Å². The Labute approximate surface area is 273 Å². The SMILES string of the molecule is CCCCC(CO)C(C)(C)Nc1nc(NC(CO)C2CC(C)(C)NC(C)(C)C2)nc(NC(CO)C2CC(C)(C)NC(C)(C)C2)n1. The third-order valence-corrected chi connectivity index (χ3v) is 9.82. The maximum atomic E-state index is 10.6. The molecular weight excluding hydrogens is 568 g/mol. The number of nitrogens with one attached hydrogen (secondary N) is 5. The normalized spacial score (nSPS) is 23.6. The second-order valence-electron chi connectivity index (χ2n) is 17.2. The lowest BCUT2D eigenvalue weighted by Gasteiger charge is -2.48. The Kier molecular flexibility index (Phi) is 12.2. The minimum atomic E-state index is -0.487. The Hall–Kier alpha value is -1.79. The van der Waals surface area contributed by atoms with Gasteiger partial charge in [0.15, 0.2) is 0 Å². The Morgan fingerprint density at radius 3 is 1.40 bits per heavy atom. The highest BCUT2D eigenvalue weighted by Gasteiger charge is 2.42. The van der Waals surface area contributed by atoms with E-state index in [4.69, 9.17) is 15.0 Å². The number of aliphatic hydroxyl groups excluding tert-OH is 3. The molecule has 8 N–H and O–H groups in total. The van der Waals surface area contributed by atoms with Crippen LogP contribution in [0.4, 0.5) is 17.8 Å². The van der Waals surface area contributed by atoms with E-state index < -0.39 is 5.54 Å². The molecule has 0 aromatic carbocycles. The van der Waals surface area contributed by atoms with Gasteiger partial charge in [0.1, 0.15) is 0 Å². The average molecular weight is 635 g/mol. The zero-order valence-corrected chi connectivity index (χ0v) is 30.1. The predicted octanol–water partition coefficient (Wildman–Crippen LogP) is 4.52. The summed E-state index contributed by atoms with van der Waals surface area (Å²) in [6.45, 7) is 23.9. The fraction of sp³-hybridized carbons (Fsp3) is 0.912. The van der Waals surface area contributed by atoms with Gasteiger partial charge in [-0.1, -0.05) is 19.8 Å². The first-order valence-corrected chi connectivity index (χ1v) is 17.2. The van der Waals surface area contributed by atoms with Crippen molar-refractivity contribution in [3.8, 4) is 0 Å². The Morgan fingerprint density at radius 1 is 0.689 bits per heavy atom. The third-order valence-electron chi connectivity index (χ3n) is 9.82. The molecule has 2 fully saturated rings. The standard InChI is InChI=1S/C34H66N8O3/c1-12-13-14-24(19-43)34(10,11)40-29-38-27(35-25(20-44)22-15-30(2,3)41-31(4,5)16-22)37-28(39-29)36-26(21-45)23-17-32(6,7)42-33(8,9)18-23/h22-26,41-45H,12-21H2,1-11H3,(H3,35,36,37,38,39,40). The van der Waals surface area contributed by atoms with Gasteiger partial charge in [-0.05, 0) is 113 Å². The topological polar surface area (TPSA) is 160 Å². The summed E-state index contributed by atoms with van der Waals surface area (Å²) in [6.07, 6.45) is 6.55. The molecule has 3 atom stereocenters. The number of hydrogen-bond acceptors (Lipinski definition) is 11. The van der Waals surface area contributed by atoms with E-state index in [2.05, 4.69) is 103 Å². The van der Waals surface area contributed by atoms with Gasteiger partial charge in [-0.15, -0.1) is 0 Å². The monoisotopic (exact) mass is 635 g/mol. The third kappa shape index (κ3) is 10.9. The van der Waals surface area contributed by atoms with Crippen LogP contribution in [0, 0.1) is 17.8 Å². The number of aromatic nitrogens is 3. The number of hydrogen-bond donors (Lipinski definition) is 8. The van der Waals surface area contributed by atoms with E-state index in [1.165, 1.54) is 0 Å². The Balaban J connectivity index is 1.96. The van der Waals surface area contributed by atoms with E-state index in [1.807, 2.05) is 0 Å². The van der Waals surface area contributed by atoms with Crippen molar-refractivity contribution in [2.75, 3.05) is 35.8 Å². The number of unbranched alkanes of at least 4 members (excludes halogenated alkanes) is 1. The summed E-state index contributed by atoms with van der Waals surface area (Å²) in [5.74, 6) is 1.53. The van der Waals surface area contributed by atoms with E-state index in [0.717, 1.165) is 44.9 Å². The molecular formula is C34H66N8O3. The van der Waals surface area contributed by atoms with Crippen LogP contribution in [-0.4, -0.2) is 89.9 Å². The van der Waals surface area contributed by atoms with Crippen molar-refractivity contribution in [2.24, 2.45) is 17.8 Å². The first kappa shape index (κ1) is 37.7. The van der Waals surface area contributed by atoms with Gasteiger partial charge in [0.2, 0.25) is 17.8 Å². The minimum absolute atomic E-state index is 0.0100. The van der Waals surface area contributed by atoms with E-state index in [-0.39, 0.29) is 71.8 Å². The predicted molar refractivity (Wildman–Crippen MR) is 185 cm³/mol. The summed E-state index contributed by atoms with van der Waals surface area (Å²) in [7, 11) is 0. The zero-order chi connectivity index (χ0) is 33.8. The quantitative estimate of drug-likeness (QED) is 0.137. The summed E-state index contributed by atoms with van der Waals surface area (Å²) in [5, 5.41) is 49.3. The van der Waals surface area contributed by atoms with Gasteiger partial charge in [-0.25, -0.2) is 0 Å². The number of anilines is 3. The summed E-state index contributed by atoms with van der Waals surface area (Å²) >= 11 is 0. The molecule has 2 aliphatic rings. The Morgan fingerprint density at radius 2 is 1.07 bits per heavy atom. The number of piperidine rings is 2. The molecule has 0 radical (unpaired) electrons. The van der Waals surface area contributed by atoms with E-state index in [0.29, 0.717) is 17.8 Å². The number of nitrogens with zero attached hydrogens (tertiary/aromatic N) is 3. The van der Waals surface area contributed by atoms with Gasteiger partial charge < -0.3 is 41.9 Å². The lowest BCUT2D eigenvalue weighted by Crippen LogP contribution is -2.60. The lowest BCUT2D eigenvalue weighted by atomic mass is 9.73. The first-order valence-electron chi connectivity index (χ1n) is 17.2. The molecule has 1 aromatic rings. The van der Waals surface area contributed by atoms with E-state index >= 15 is 0 Å². The molecule has 0 saturated carbocycles. The second kappa shape index (κ2) is 14.5. The molecule has 3 unspecified atom stereocenters. The average Bonchev–Trinajstić information content (AvgIpc) is 2.86. The summed E-state index contributed by atoms with van der Waals surface area (Å²) in [6, 6.07) is -0.507. The van der Waals surface area contributed by atoms with Crippen molar-refractivity contribution in [1.82, 2.24) is 25.6 Å². The van der Waals surface area contributed by atoms with E-state index in [1.54, 1.807) is 0 Å². The van der Waals surface area contributed by atoms with Crippen LogP contribution < -0.4 is 26.6 Å². The second-order valence-corrected chi connectivity index (χ2v) is 17.2. The highest BCUT2D eigenvalue weighted by Crippen LogP contribution is 2.37. The van der Waals surface area contributed by atoms with Crippen molar-refractivity contribution >= 4 is 17.8 Å². The number of aliphatic hydroxyl groups is 3. The molecule has 2 aliphatic heterocycles. The van der Waals surface area contributed by atoms with Crippen LogP contribution in [-0.2, 0) is 0 Å². The molecule has 1 aromatic heterocycles. The van der Waals surface area contributed by atoms with Crippen molar-refractivity contribution in [1.29, 1.82) is 0 Å². The fourth-order valence-electron chi connectivity index (χ4n) is 8.41. The van der Waals surface area contributed by atoms with Crippen LogP contribution in [0.1, 0.15) is 121 Å². The first-order chi connectivity index (χ1) is 20.7. The fourth-order valence-corrected chi connectivity index (χ4v) is 8.41.